The molecule has 2 nitrogen and oxygen atoms in total. The average molecular weight is 210 g/mol. The Kier molecular flexibility index (Phi) is 4.45. The molecule has 0 aromatic heterocycles. The zero-order valence-corrected chi connectivity index (χ0v) is 9.55. The second-order valence-electron chi connectivity index (χ2n) is 3.58. The second kappa shape index (κ2) is 5.39. The van der Waals surface area contributed by atoms with Gasteiger partial charge in [0.25, 0.3) is 0 Å². The molecule has 0 aliphatic carbocycles. The smallest absolute Gasteiger partial charge is 0.0419 e. The maximum atomic E-state index is 5.81. The van der Waals surface area contributed by atoms with Gasteiger partial charge in [0, 0.05) is 22.7 Å². The zero-order chi connectivity index (χ0) is 10.6. The summed E-state index contributed by atoms with van der Waals surface area (Å²) < 4.78 is 0. The van der Waals surface area contributed by atoms with E-state index < -0.39 is 0 Å². The van der Waals surface area contributed by atoms with Crippen LogP contribution in [0.25, 0.3) is 0 Å². The summed E-state index contributed by atoms with van der Waals surface area (Å²) >= 11 is 1.85. The highest BCUT2D eigenvalue weighted by atomic mass is 32.2. The molecule has 14 heavy (non-hydrogen) atoms. The molecule has 0 saturated carbocycles. The van der Waals surface area contributed by atoms with Crippen LogP contribution >= 0.6 is 11.8 Å². The lowest BCUT2D eigenvalue weighted by molar-refractivity contribution is 0.736. The first-order chi connectivity index (χ1) is 6.63. The van der Waals surface area contributed by atoms with Crippen LogP contribution in [-0.4, -0.2) is 11.8 Å². The standard InChI is InChI=1S/C11H18N2S/c1-8(2)14-10-5-3-9(4-6-10)11(13)7-12/h3-6,8,11H,7,12-13H2,1-2H3. The molecule has 0 spiro atoms. The number of nitrogens with two attached hydrogens (primary N) is 2. The van der Waals surface area contributed by atoms with Gasteiger partial charge in [0.1, 0.15) is 0 Å². The van der Waals surface area contributed by atoms with Gasteiger partial charge in [0.05, 0.1) is 0 Å². The summed E-state index contributed by atoms with van der Waals surface area (Å²) in [6.45, 7) is 4.87. The van der Waals surface area contributed by atoms with Crippen LogP contribution in [0.2, 0.25) is 0 Å². The molecule has 0 saturated heterocycles. The van der Waals surface area contributed by atoms with Gasteiger partial charge < -0.3 is 11.5 Å². The van der Waals surface area contributed by atoms with Crippen molar-refractivity contribution in [3.63, 3.8) is 0 Å². The first-order valence-corrected chi connectivity index (χ1v) is 5.73. The van der Waals surface area contributed by atoms with Gasteiger partial charge in [-0.05, 0) is 17.7 Å². The number of benzene rings is 1. The van der Waals surface area contributed by atoms with E-state index in [0.717, 1.165) is 5.56 Å². The fourth-order valence-corrected chi connectivity index (χ4v) is 2.04. The third-order valence-electron chi connectivity index (χ3n) is 1.93. The van der Waals surface area contributed by atoms with E-state index in [9.17, 15) is 0 Å². The van der Waals surface area contributed by atoms with E-state index in [1.165, 1.54) is 4.90 Å². The second-order valence-corrected chi connectivity index (χ2v) is 5.23. The largest absolute Gasteiger partial charge is 0.329 e. The normalized spacial score (nSPS) is 13.2. The average Bonchev–Trinajstić information content (AvgIpc) is 2.17. The summed E-state index contributed by atoms with van der Waals surface area (Å²) in [4.78, 5) is 1.29. The highest BCUT2D eigenvalue weighted by Gasteiger charge is 2.03. The maximum Gasteiger partial charge on any atom is 0.0419 e. The van der Waals surface area contributed by atoms with Gasteiger partial charge in [-0.2, -0.15) is 0 Å². The summed E-state index contributed by atoms with van der Waals surface area (Å²) in [6.07, 6.45) is 0. The van der Waals surface area contributed by atoms with Crippen LogP contribution < -0.4 is 11.5 Å². The number of thioether (sulfide) groups is 1. The molecule has 0 aliphatic heterocycles. The Hall–Kier alpha value is -0.510. The fourth-order valence-electron chi connectivity index (χ4n) is 1.20. The van der Waals surface area contributed by atoms with E-state index in [-0.39, 0.29) is 6.04 Å². The van der Waals surface area contributed by atoms with Crippen LogP contribution in [0.5, 0.6) is 0 Å². The van der Waals surface area contributed by atoms with Gasteiger partial charge in [0.2, 0.25) is 0 Å². The van der Waals surface area contributed by atoms with Gasteiger partial charge in [-0.1, -0.05) is 26.0 Å². The molecule has 0 amide bonds. The highest BCUT2D eigenvalue weighted by molar-refractivity contribution is 7.99. The van der Waals surface area contributed by atoms with Crippen LogP contribution in [0, 0.1) is 0 Å². The Bertz CT molecular complexity index is 269. The zero-order valence-electron chi connectivity index (χ0n) is 8.73. The predicted octanol–water partition coefficient (Wildman–Crippen LogP) is 2.15. The molecule has 1 rings (SSSR count). The molecule has 78 valence electrons. The molecule has 0 aliphatic rings. The van der Waals surface area contributed by atoms with Crippen molar-refractivity contribution in [3.05, 3.63) is 29.8 Å². The van der Waals surface area contributed by atoms with Gasteiger partial charge >= 0.3 is 0 Å². The first-order valence-electron chi connectivity index (χ1n) is 4.85. The summed E-state index contributed by atoms with van der Waals surface area (Å²) in [6, 6.07) is 8.29. The third-order valence-corrected chi connectivity index (χ3v) is 2.95. The third kappa shape index (κ3) is 3.33. The maximum absolute atomic E-state index is 5.81. The highest BCUT2D eigenvalue weighted by Crippen LogP contribution is 2.23. The molecule has 1 atom stereocenters. The number of rotatable bonds is 4. The predicted molar refractivity (Wildman–Crippen MR) is 63.4 cm³/mol. The number of hydrogen-bond donors (Lipinski definition) is 2. The lowest BCUT2D eigenvalue weighted by atomic mass is 10.1. The SMILES string of the molecule is CC(C)Sc1ccc(C(N)CN)cc1. The van der Waals surface area contributed by atoms with Crippen LogP contribution in [0.15, 0.2) is 29.2 Å². The molecule has 1 unspecified atom stereocenters. The lowest BCUT2D eigenvalue weighted by Crippen LogP contribution is -2.20. The summed E-state index contributed by atoms with van der Waals surface area (Å²) in [5.74, 6) is 0. The number of hydrogen-bond acceptors (Lipinski definition) is 3. The Morgan fingerprint density at radius 3 is 2.21 bits per heavy atom. The molecule has 0 heterocycles. The molecule has 0 radical (unpaired) electrons. The minimum absolute atomic E-state index is 0.0342. The molecule has 1 aromatic carbocycles. The van der Waals surface area contributed by atoms with E-state index in [1.54, 1.807) is 0 Å². The molecular formula is C11H18N2S. The minimum Gasteiger partial charge on any atom is -0.329 e. The van der Waals surface area contributed by atoms with Crippen LogP contribution in [0.4, 0.5) is 0 Å². The first kappa shape index (κ1) is 11.6. The molecule has 0 fully saturated rings. The lowest BCUT2D eigenvalue weighted by Gasteiger charge is -2.10. The summed E-state index contributed by atoms with van der Waals surface area (Å²) in [5, 5.41) is 0.615. The van der Waals surface area contributed by atoms with Gasteiger partial charge in [-0.25, -0.2) is 0 Å². The van der Waals surface area contributed by atoms with Gasteiger partial charge in [0.15, 0.2) is 0 Å². The van der Waals surface area contributed by atoms with E-state index in [0.29, 0.717) is 11.8 Å². The fraction of sp³-hybridized carbons (Fsp3) is 0.455. The Balaban J connectivity index is 2.68. The van der Waals surface area contributed by atoms with Crippen molar-refractivity contribution < 1.29 is 0 Å². The molecule has 3 heteroatoms. The summed E-state index contributed by atoms with van der Waals surface area (Å²) in [7, 11) is 0. The van der Waals surface area contributed by atoms with Crippen molar-refractivity contribution in [2.75, 3.05) is 6.54 Å². The van der Waals surface area contributed by atoms with Gasteiger partial charge in [-0.3, -0.25) is 0 Å². The molecule has 1 aromatic rings. The summed E-state index contributed by atoms with van der Waals surface area (Å²) in [5.41, 5.74) is 12.4. The van der Waals surface area contributed by atoms with Crippen molar-refractivity contribution in [1.29, 1.82) is 0 Å². The van der Waals surface area contributed by atoms with Gasteiger partial charge in [-0.15, -0.1) is 11.8 Å². The van der Waals surface area contributed by atoms with Crippen molar-refractivity contribution >= 4 is 11.8 Å². The van der Waals surface area contributed by atoms with Crippen LogP contribution in [0.3, 0.4) is 0 Å². The monoisotopic (exact) mass is 210 g/mol. The minimum atomic E-state index is -0.0342. The van der Waals surface area contributed by atoms with E-state index >= 15 is 0 Å². The van der Waals surface area contributed by atoms with Crippen molar-refractivity contribution in [2.24, 2.45) is 11.5 Å². The molecule has 0 bridgehead atoms. The van der Waals surface area contributed by atoms with E-state index in [1.807, 2.05) is 11.8 Å². The molecule has 4 N–H and O–H groups in total. The van der Waals surface area contributed by atoms with Crippen LogP contribution in [-0.2, 0) is 0 Å². The van der Waals surface area contributed by atoms with Crippen LogP contribution in [0.1, 0.15) is 25.5 Å². The Morgan fingerprint density at radius 2 is 1.79 bits per heavy atom. The topological polar surface area (TPSA) is 52.0 Å². The van der Waals surface area contributed by atoms with Crippen molar-refractivity contribution in [1.82, 2.24) is 0 Å². The Labute approximate surface area is 90.1 Å². The Morgan fingerprint density at radius 1 is 1.21 bits per heavy atom. The quantitative estimate of drug-likeness (QED) is 0.749. The van der Waals surface area contributed by atoms with Crippen molar-refractivity contribution in [3.8, 4) is 0 Å². The van der Waals surface area contributed by atoms with E-state index in [4.69, 9.17) is 11.5 Å². The molecular weight excluding hydrogens is 192 g/mol. The van der Waals surface area contributed by atoms with E-state index in [2.05, 4.69) is 38.1 Å². The van der Waals surface area contributed by atoms with Crippen molar-refractivity contribution in [2.45, 2.75) is 30.0 Å².